The summed E-state index contributed by atoms with van der Waals surface area (Å²) in [5.74, 6) is -0.526. The van der Waals surface area contributed by atoms with Crippen LogP contribution in [0, 0.1) is 0 Å². The molecule has 0 atom stereocenters. The standard InChI is InChI=1S/C21H18N2O2S/c1-26-17-11-7-10-16(14-17)22-21(25)18-12-5-6-13-19(18)23-20(24)15-8-3-2-4-9-15/h2-14H,1H3,(H,22,25)(H,23,24). The van der Waals surface area contributed by atoms with Crippen LogP contribution in [-0.2, 0) is 0 Å². The summed E-state index contributed by atoms with van der Waals surface area (Å²) >= 11 is 1.61. The average Bonchev–Trinajstić information content (AvgIpc) is 2.69. The molecule has 0 saturated carbocycles. The van der Waals surface area contributed by atoms with Gasteiger partial charge in [-0.15, -0.1) is 11.8 Å². The molecule has 2 amide bonds. The Balaban J connectivity index is 1.80. The zero-order valence-electron chi connectivity index (χ0n) is 14.2. The molecule has 2 N–H and O–H groups in total. The Morgan fingerprint density at radius 1 is 0.769 bits per heavy atom. The summed E-state index contributed by atoms with van der Waals surface area (Å²) < 4.78 is 0. The summed E-state index contributed by atoms with van der Waals surface area (Å²) in [6.07, 6.45) is 1.98. The van der Waals surface area contributed by atoms with Crippen molar-refractivity contribution in [3.05, 3.63) is 90.0 Å². The third-order valence-electron chi connectivity index (χ3n) is 3.78. The molecule has 3 aromatic rings. The van der Waals surface area contributed by atoms with Crippen LogP contribution >= 0.6 is 11.8 Å². The Labute approximate surface area is 156 Å². The largest absolute Gasteiger partial charge is 0.322 e. The van der Waals surface area contributed by atoms with Crippen LogP contribution in [0.5, 0.6) is 0 Å². The highest BCUT2D eigenvalue weighted by atomic mass is 32.2. The minimum Gasteiger partial charge on any atom is -0.322 e. The maximum absolute atomic E-state index is 12.7. The second-order valence-electron chi connectivity index (χ2n) is 5.55. The van der Waals surface area contributed by atoms with Gasteiger partial charge in [-0.05, 0) is 48.7 Å². The lowest BCUT2D eigenvalue weighted by Gasteiger charge is -2.12. The van der Waals surface area contributed by atoms with Crippen molar-refractivity contribution in [3.8, 4) is 0 Å². The van der Waals surface area contributed by atoms with Crippen LogP contribution in [0.2, 0.25) is 0 Å². The molecule has 3 rings (SSSR count). The van der Waals surface area contributed by atoms with Gasteiger partial charge in [0.2, 0.25) is 0 Å². The molecule has 0 aliphatic carbocycles. The van der Waals surface area contributed by atoms with E-state index in [0.29, 0.717) is 22.5 Å². The van der Waals surface area contributed by atoms with E-state index in [4.69, 9.17) is 0 Å². The number of rotatable bonds is 5. The van der Waals surface area contributed by atoms with E-state index in [9.17, 15) is 9.59 Å². The van der Waals surface area contributed by atoms with Crippen molar-refractivity contribution >= 4 is 35.0 Å². The van der Waals surface area contributed by atoms with Gasteiger partial charge in [-0.3, -0.25) is 9.59 Å². The topological polar surface area (TPSA) is 58.2 Å². The second-order valence-corrected chi connectivity index (χ2v) is 6.43. The lowest BCUT2D eigenvalue weighted by atomic mass is 10.1. The van der Waals surface area contributed by atoms with Crippen LogP contribution in [0.3, 0.4) is 0 Å². The first-order valence-electron chi connectivity index (χ1n) is 8.08. The molecule has 0 aromatic heterocycles. The van der Waals surface area contributed by atoms with Crippen LogP contribution in [-0.4, -0.2) is 18.1 Å². The van der Waals surface area contributed by atoms with Crippen LogP contribution in [0.15, 0.2) is 83.8 Å². The maximum atomic E-state index is 12.7. The van der Waals surface area contributed by atoms with E-state index in [1.807, 2.05) is 36.6 Å². The molecule has 0 bridgehead atoms. The van der Waals surface area contributed by atoms with Crippen LogP contribution in [0.1, 0.15) is 20.7 Å². The molecule has 0 saturated heterocycles. The SMILES string of the molecule is CSc1cccc(NC(=O)c2ccccc2NC(=O)c2ccccc2)c1. The summed E-state index contributed by atoms with van der Waals surface area (Å²) in [5.41, 5.74) is 2.13. The first kappa shape index (κ1) is 17.8. The molecule has 0 aliphatic heterocycles. The smallest absolute Gasteiger partial charge is 0.257 e. The van der Waals surface area contributed by atoms with Crippen molar-refractivity contribution in [2.24, 2.45) is 0 Å². The second kappa shape index (κ2) is 8.36. The van der Waals surface area contributed by atoms with Gasteiger partial charge in [-0.2, -0.15) is 0 Å². The normalized spacial score (nSPS) is 10.2. The van der Waals surface area contributed by atoms with Gasteiger partial charge in [-0.25, -0.2) is 0 Å². The zero-order valence-corrected chi connectivity index (χ0v) is 15.0. The van der Waals surface area contributed by atoms with Gasteiger partial charge < -0.3 is 10.6 Å². The van der Waals surface area contributed by atoms with Gasteiger partial charge in [0.1, 0.15) is 0 Å². The summed E-state index contributed by atoms with van der Waals surface area (Å²) in [6.45, 7) is 0. The molecule has 0 heterocycles. The van der Waals surface area contributed by atoms with Gasteiger partial charge in [0.15, 0.2) is 0 Å². The maximum Gasteiger partial charge on any atom is 0.257 e. The van der Waals surface area contributed by atoms with E-state index in [0.717, 1.165) is 4.90 Å². The number of para-hydroxylation sites is 1. The fraction of sp³-hybridized carbons (Fsp3) is 0.0476. The number of thioether (sulfide) groups is 1. The van der Waals surface area contributed by atoms with Crippen molar-refractivity contribution in [2.45, 2.75) is 4.90 Å². The highest BCUT2D eigenvalue weighted by Gasteiger charge is 2.14. The fourth-order valence-corrected chi connectivity index (χ4v) is 2.93. The molecule has 4 nitrogen and oxygen atoms in total. The Bertz CT molecular complexity index is 926. The van der Waals surface area contributed by atoms with Gasteiger partial charge >= 0.3 is 0 Å². The quantitative estimate of drug-likeness (QED) is 0.634. The van der Waals surface area contributed by atoms with Crippen molar-refractivity contribution in [3.63, 3.8) is 0 Å². The van der Waals surface area contributed by atoms with Crippen molar-refractivity contribution in [1.29, 1.82) is 0 Å². The molecular formula is C21H18N2O2S. The highest BCUT2D eigenvalue weighted by Crippen LogP contribution is 2.21. The van der Waals surface area contributed by atoms with Gasteiger partial charge in [0.25, 0.3) is 11.8 Å². The molecule has 130 valence electrons. The van der Waals surface area contributed by atoms with Gasteiger partial charge in [-0.1, -0.05) is 36.4 Å². The van der Waals surface area contributed by atoms with E-state index < -0.39 is 0 Å². The van der Waals surface area contributed by atoms with Crippen LogP contribution in [0.4, 0.5) is 11.4 Å². The zero-order chi connectivity index (χ0) is 18.4. The number of carbonyl (C=O) groups excluding carboxylic acids is 2. The van der Waals surface area contributed by atoms with Crippen LogP contribution < -0.4 is 10.6 Å². The molecule has 5 heteroatoms. The number of hydrogen-bond acceptors (Lipinski definition) is 3. The lowest BCUT2D eigenvalue weighted by Crippen LogP contribution is -2.18. The number of carbonyl (C=O) groups is 2. The van der Waals surface area contributed by atoms with Crippen molar-refractivity contribution in [1.82, 2.24) is 0 Å². The molecule has 0 spiro atoms. The lowest BCUT2D eigenvalue weighted by molar-refractivity contribution is 0.102. The van der Waals surface area contributed by atoms with E-state index >= 15 is 0 Å². The van der Waals surface area contributed by atoms with E-state index in [2.05, 4.69) is 10.6 Å². The van der Waals surface area contributed by atoms with E-state index in [1.165, 1.54) is 0 Å². The van der Waals surface area contributed by atoms with Crippen LogP contribution in [0.25, 0.3) is 0 Å². The predicted molar refractivity (Wildman–Crippen MR) is 107 cm³/mol. The first-order chi connectivity index (χ1) is 12.7. The number of nitrogens with one attached hydrogen (secondary N) is 2. The van der Waals surface area contributed by atoms with E-state index in [-0.39, 0.29) is 11.8 Å². The monoisotopic (exact) mass is 362 g/mol. The molecule has 0 radical (unpaired) electrons. The van der Waals surface area contributed by atoms with E-state index in [1.54, 1.807) is 60.3 Å². The molecular weight excluding hydrogens is 344 g/mol. The number of anilines is 2. The van der Waals surface area contributed by atoms with Gasteiger partial charge in [0.05, 0.1) is 11.3 Å². The predicted octanol–water partition coefficient (Wildman–Crippen LogP) is 4.91. The molecule has 0 unspecified atom stereocenters. The molecule has 0 aliphatic rings. The summed E-state index contributed by atoms with van der Waals surface area (Å²) in [6, 6.07) is 23.5. The van der Waals surface area contributed by atoms with Crippen molar-refractivity contribution in [2.75, 3.05) is 16.9 Å². The molecule has 0 fully saturated rings. The summed E-state index contributed by atoms with van der Waals surface area (Å²) in [5, 5.41) is 5.69. The minimum absolute atomic E-state index is 0.254. The molecule has 3 aromatic carbocycles. The first-order valence-corrected chi connectivity index (χ1v) is 9.30. The Morgan fingerprint density at radius 3 is 2.27 bits per heavy atom. The molecule has 26 heavy (non-hydrogen) atoms. The minimum atomic E-state index is -0.271. The third-order valence-corrected chi connectivity index (χ3v) is 4.51. The Hall–Kier alpha value is -3.05. The Morgan fingerprint density at radius 2 is 1.50 bits per heavy atom. The summed E-state index contributed by atoms with van der Waals surface area (Å²) in [7, 11) is 0. The fourth-order valence-electron chi connectivity index (χ4n) is 2.47. The Kier molecular flexibility index (Phi) is 5.71. The number of amides is 2. The number of hydrogen-bond donors (Lipinski definition) is 2. The van der Waals surface area contributed by atoms with Gasteiger partial charge in [0, 0.05) is 16.1 Å². The highest BCUT2D eigenvalue weighted by molar-refractivity contribution is 7.98. The third kappa shape index (κ3) is 4.32. The van der Waals surface area contributed by atoms with Crippen molar-refractivity contribution < 1.29 is 9.59 Å². The number of benzene rings is 3. The average molecular weight is 362 g/mol. The summed E-state index contributed by atoms with van der Waals surface area (Å²) in [4.78, 5) is 26.1.